The fourth-order valence-electron chi connectivity index (χ4n) is 3.65. The number of aromatic nitrogens is 3. The summed E-state index contributed by atoms with van der Waals surface area (Å²) in [6.45, 7) is 6.79. The number of hydrogen-bond donors (Lipinski definition) is 1. The number of benzene rings is 1. The Labute approximate surface area is 189 Å². The van der Waals surface area contributed by atoms with E-state index in [0.717, 1.165) is 29.7 Å². The topological polar surface area (TPSA) is 59.8 Å². The van der Waals surface area contributed by atoms with Gasteiger partial charge in [0.05, 0.1) is 5.75 Å². The minimum atomic E-state index is -0.112. The first kappa shape index (κ1) is 21.2. The molecule has 0 aliphatic heterocycles. The molecule has 1 amide bonds. The molecule has 5 nitrogen and oxygen atoms in total. The lowest BCUT2D eigenvalue weighted by atomic mass is 9.88. The molecule has 0 fully saturated rings. The van der Waals surface area contributed by atoms with E-state index in [9.17, 15) is 4.79 Å². The molecule has 2 aromatic heterocycles. The van der Waals surface area contributed by atoms with Crippen molar-refractivity contribution in [2.45, 2.75) is 37.9 Å². The van der Waals surface area contributed by atoms with E-state index < -0.39 is 0 Å². The predicted octanol–water partition coefficient (Wildman–Crippen LogP) is 5.70. The van der Waals surface area contributed by atoms with Crippen molar-refractivity contribution in [3.05, 3.63) is 57.8 Å². The number of carbonyl (C=O) groups is 1. The lowest BCUT2D eigenvalue weighted by molar-refractivity contribution is -0.113. The van der Waals surface area contributed by atoms with E-state index in [0.29, 0.717) is 17.3 Å². The SMILES string of the molecule is C=CCn1c(SCC(=O)Nc2cccc(Cl)c2)nnc1-c1csc2c1CC[C@@H](C)C2. The largest absolute Gasteiger partial charge is 0.325 e. The molecule has 1 aliphatic carbocycles. The number of halogens is 1. The zero-order valence-corrected chi connectivity index (χ0v) is 19.1. The number of amides is 1. The summed E-state index contributed by atoms with van der Waals surface area (Å²) in [5.74, 6) is 1.72. The fraction of sp³-hybridized carbons (Fsp3) is 0.318. The average molecular weight is 459 g/mol. The molecule has 156 valence electrons. The molecule has 0 radical (unpaired) electrons. The van der Waals surface area contributed by atoms with Gasteiger partial charge in [-0.05, 0) is 48.9 Å². The number of thiophene rings is 1. The molecule has 8 heteroatoms. The number of carbonyl (C=O) groups excluding carboxylic acids is 1. The number of nitrogens with zero attached hydrogens (tertiary/aromatic N) is 3. The van der Waals surface area contributed by atoms with Gasteiger partial charge in [0, 0.05) is 33.1 Å². The van der Waals surface area contributed by atoms with Gasteiger partial charge in [-0.1, -0.05) is 42.4 Å². The fourth-order valence-corrected chi connectivity index (χ4v) is 5.83. The van der Waals surface area contributed by atoms with Gasteiger partial charge in [-0.3, -0.25) is 9.36 Å². The molecule has 4 rings (SSSR count). The van der Waals surface area contributed by atoms with Crippen LogP contribution in [0.2, 0.25) is 5.02 Å². The molecule has 30 heavy (non-hydrogen) atoms. The second-order valence-corrected chi connectivity index (χ2v) is 9.79. The van der Waals surface area contributed by atoms with Gasteiger partial charge in [-0.25, -0.2) is 0 Å². The van der Waals surface area contributed by atoms with Crippen molar-refractivity contribution < 1.29 is 4.79 Å². The van der Waals surface area contributed by atoms with E-state index >= 15 is 0 Å². The van der Waals surface area contributed by atoms with Crippen LogP contribution in [-0.4, -0.2) is 26.4 Å². The lowest BCUT2D eigenvalue weighted by Crippen LogP contribution is -2.14. The second kappa shape index (κ2) is 9.37. The third kappa shape index (κ3) is 4.63. The van der Waals surface area contributed by atoms with Crippen molar-refractivity contribution in [3.8, 4) is 11.4 Å². The molecule has 2 heterocycles. The zero-order chi connectivity index (χ0) is 21.1. The molecule has 0 bridgehead atoms. The van der Waals surface area contributed by atoms with Crippen LogP contribution in [0, 0.1) is 5.92 Å². The maximum absolute atomic E-state index is 12.4. The van der Waals surface area contributed by atoms with Crippen LogP contribution in [0.5, 0.6) is 0 Å². The van der Waals surface area contributed by atoms with Crippen molar-refractivity contribution in [2.75, 3.05) is 11.1 Å². The first-order valence-corrected chi connectivity index (χ1v) is 12.1. The standard InChI is InChI=1S/C22H23ClN4OS2/c1-3-9-27-21(18-12-29-19-10-14(2)7-8-17(18)19)25-26-22(27)30-13-20(28)24-16-6-4-5-15(23)11-16/h3-6,11-12,14H,1,7-10,13H2,2H3,(H,24,28)/t14-/m1/s1. The number of thioether (sulfide) groups is 1. The van der Waals surface area contributed by atoms with Crippen LogP contribution in [0.3, 0.4) is 0 Å². The van der Waals surface area contributed by atoms with Crippen molar-refractivity contribution in [2.24, 2.45) is 5.92 Å². The van der Waals surface area contributed by atoms with E-state index in [1.807, 2.05) is 28.0 Å². The number of fused-ring (bicyclic) bond motifs is 1. The number of anilines is 1. The predicted molar refractivity (Wildman–Crippen MR) is 126 cm³/mol. The van der Waals surface area contributed by atoms with Crippen molar-refractivity contribution in [1.29, 1.82) is 0 Å². The monoisotopic (exact) mass is 458 g/mol. The van der Waals surface area contributed by atoms with Gasteiger partial charge in [0.1, 0.15) is 0 Å². The van der Waals surface area contributed by atoms with Crippen LogP contribution in [0.15, 0.2) is 47.5 Å². The van der Waals surface area contributed by atoms with Gasteiger partial charge in [0.2, 0.25) is 5.91 Å². The Kier molecular flexibility index (Phi) is 6.61. The zero-order valence-electron chi connectivity index (χ0n) is 16.7. The van der Waals surface area contributed by atoms with Crippen LogP contribution >= 0.6 is 34.7 Å². The summed E-state index contributed by atoms with van der Waals surface area (Å²) in [4.78, 5) is 13.8. The van der Waals surface area contributed by atoms with Crippen LogP contribution in [0.1, 0.15) is 23.8 Å². The highest BCUT2D eigenvalue weighted by Gasteiger charge is 2.24. The highest BCUT2D eigenvalue weighted by Crippen LogP contribution is 2.38. The molecule has 1 atom stereocenters. The van der Waals surface area contributed by atoms with Crippen LogP contribution in [0.25, 0.3) is 11.4 Å². The number of rotatable bonds is 7. The van der Waals surface area contributed by atoms with Crippen molar-refractivity contribution in [3.63, 3.8) is 0 Å². The maximum Gasteiger partial charge on any atom is 0.234 e. The highest BCUT2D eigenvalue weighted by atomic mass is 35.5. The molecular formula is C22H23ClN4OS2. The summed E-state index contributed by atoms with van der Waals surface area (Å²) in [7, 11) is 0. The molecule has 1 aromatic carbocycles. The summed E-state index contributed by atoms with van der Waals surface area (Å²) in [5.41, 5.74) is 3.26. The number of nitrogens with one attached hydrogen (secondary N) is 1. The number of hydrogen-bond acceptors (Lipinski definition) is 5. The first-order valence-electron chi connectivity index (χ1n) is 9.87. The van der Waals surface area contributed by atoms with Gasteiger partial charge < -0.3 is 5.32 Å². The molecule has 3 aromatic rings. The summed E-state index contributed by atoms with van der Waals surface area (Å²) in [5, 5.41) is 15.2. The van der Waals surface area contributed by atoms with E-state index in [1.165, 1.54) is 34.2 Å². The Morgan fingerprint density at radius 1 is 1.47 bits per heavy atom. The Hall–Kier alpha value is -2.09. The molecule has 0 saturated heterocycles. The van der Waals surface area contributed by atoms with E-state index in [2.05, 4.69) is 34.4 Å². The molecule has 0 saturated carbocycles. The molecule has 0 unspecified atom stereocenters. The molecular weight excluding hydrogens is 436 g/mol. The molecule has 1 N–H and O–H groups in total. The summed E-state index contributed by atoms with van der Waals surface area (Å²) in [6.07, 6.45) is 5.27. The minimum absolute atomic E-state index is 0.112. The molecule has 0 spiro atoms. The van der Waals surface area contributed by atoms with Crippen LogP contribution in [-0.2, 0) is 24.2 Å². The van der Waals surface area contributed by atoms with E-state index in [1.54, 1.807) is 18.2 Å². The quantitative estimate of drug-likeness (QED) is 0.364. The summed E-state index contributed by atoms with van der Waals surface area (Å²) in [6, 6.07) is 7.12. The Bertz CT molecular complexity index is 1080. The van der Waals surface area contributed by atoms with Gasteiger partial charge in [0.15, 0.2) is 11.0 Å². The first-order chi connectivity index (χ1) is 14.5. The van der Waals surface area contributed by atoms with E-state index in [4.69, 9.17) is 11.6 Å². The third-order valence-electron chi connectivity index (χ3n) is 5.11. The van der Waals surface area contributed by atoms with Gasteiger partial charge >= 0.3 is 0 Å². The highest BCUT2D eigenvalue weighted by molar-refractivity contribution is 7.99. The Morgan fingerprint density at radius 3 is 3.13 bits per heavy atom. The van der Waals surface area contributed by atoms with Crippen LogP contribution < -0.4 is 5.32 Å². The second-order valence-electron chi connectivity index (χ2n) is 7.45. The maximum atomic E-state index is 12.4. The van der Waals surface area contributed by atoms with Crippen LogP contribution in [0.4, 0.5) is 5.69 Å². The smallest absolute Gasteiger partial charge is 0.234 e. The summed E-state index contributed by atoms with van der Waals surface area (Å²) >= 11 is 9.17. The average Bonchev–Trinajstić information content (AvgIpc) is 3.30. The molecule has 1 aliphatic rings. The van der Waals surface area contributed by atoms with Gasteiger partial charge in [0.25, 0.3) is 0 Å². The normalized spacial score (nSPS) is 15.6. The third-order valence-corrected chi connectivity index (χ3v) is 7.36. The van der Waals surface area contributed by atoms with Crippen molar-refractivity contribution >= 4 is 46.3 Å². The minimum Gasteiger partial charge on any atom is -0.325 e. The Morgan fingerprint density at radius 2 is 2.33 bits per heavy atom. The number of allylic oxidation sites excluding steroid dienone is 1. The van der Waals surface area contributed by atoms with Crippen molar-refractivity contribution in [1.82, 2.24) is 14.8 Å². The van der Waals surface area contributed by atoms with Gasteiger partial charge in [-0.2, -0.15) is 0 Å². The van der Waals surface area contributed by atoms with E-state index in [-0.39, 0.29) is 11.7 Å². The van der Waals surface area contributed by atoms with Gasteiger partial charge in [-0.15, -0.1) is 28.1 Å². The lowest BCUT2D eigenvalue weighted by Gasteiger charge is -2.19. The summed E-state index contributed by atoms with van der Waals surface area (Å²) < 4.78 is 2.05. The Balaban J connectivity index is 1.50.